The van der Waals surface area contributed by atoms with Crippen LogP contribution in [0.1, 0.15) is 21.5 Å². The van der Waals surface area contributed by atoms with E-state index in [2.05, 4.69) is 0 Å². The van der Waals surface area contributed by atoms with Crippen LogP contribution in [-0.2, 0) is 0 Å². The highest BCUT2D eigenvalue weighted by molar-refractivity contribution is 5.93. The highest BCUT2D eigenvalue weighted by atomic mass is 19.2. The Morgan fingerprint density at radius 2 is 1.75 bits per heavy atom. The molecule has 2 nitrogen and oxygen atoms in total. The molecule has 12 heavy (non-hydrogen) atoms. The Kier molecular flexibility index (Phi) is 2.43. The fraction of sp³-hybridized carbons (Fsp3) is 0.222. The average molecular weight is 167 g/mol. The summed E-state index contributed by atoms with van der Waals surface area (Å²) < 4.78 is 11.7. The first-order valence-corrected chi connectivity index (χ1v) is 3.63. The predicted octanol–water partition coefficient (Wildman–Crippen LogP) is 1.92. The number of benzene rings is 1. The Balaban J connectivity index is 3.08. The van der Waals surface area contributed by atoms with Crippen molar-refractivity contribution in [3.63, 3.8) is 0 Å². The van der Waals surface area contributed by atoms with Crippen LogP contribution in [0, 0.1) is 13.8 Å². The van der Waals surface area contributed by atoms with E-state index in [9.17, 15) is 9.28 Å². The summed E-state index contributed by atoms with van der Waals surface area (Å²) >= 11 is 0. The molecule has 0 aliphatic heterocycles. The smallest absolute Gasteiger partial charge is 0.267 e. The van der Waals surface area contributed by atoms with E-state index in [0.29, 0.717) is 5.56 Å². The molecule has 0 bridgehead atoms. The summed E-state index contributed by atoms with van der Waals surface area (Å²) in [4.78, 5) is 10.8. The lowest BCUT2D eigenvalue weighted by Crippen LogP contribution is -2.13. The molecule has 0 heterocycles. The molecule has 0 aliphatic carbocycles. The number of hydrogen-bond acceptors (Lipinski definition) is 1. The molecule has 0 fully saturated rings. The van der Waals surface area contributed by atoms with E-state index in [1.165, 1.54) is 0 Å². The number of carbonyl (C=O) groups is 1. The maximum Gasteiger partial charge on any atom is 0.278 e. The molecule has 1 N–H and O–H groups in total. The molecule has 1 aromatic rings. The summed E-state index contributed by atoms with van der Waals surface area (Å²) in [5.41, 5.74) is 3.36. The zero-order valence-corrected chi connectivity index (χ0v) is 7.02. The lowest BCUT2D eigenvalue weighted by molar-refractivity contribution is 0.0859. The highest BCUT2D eigenvalue weighted by Gasteiger charge is 2.04. The maximum atomic E-state index is 11.7. The number of nitrogens with one attached hydrogen (secondary N) is 1. The van der Waals surface area contributed by atoms with Crippen LogP contribution < -0.4 is 5.54 Å². The van der Waals surface area contributed by atoms with Crippen molar-refractivity contribution in [2.24, 2.45) is 0 Å². The molecular weight excluding hydrogens is 157 g/mol. The summed E-state index contributed by atoms with van der Waals surface area (Å²) in [5, 5.41) is 0. The second-order valence-corrected chi connectivity index (χ2v) is 2.80. The number of aryl methyl sites for hydroxylation is 2. The van der Waals surface area contributed by atoms with Gasteiger partial charge in [0.25, 0.3) is 5.91 Å². The third-order valence-corrected chi connectivity index (χ3v) is 1.57. The molecule has 0 saturated heterocycles. The van der Waals surface area contributed by atoms with E-state index in [1.54, 1.807) is 12.1 Å². The van der Waals surface area contributed by atoms with E-state index in [1.807, 2.05) is 19.9 Å². The predicted molar refractivity (Wildman–Crippen MR) is 44.5 cm³/mol. The zero-order valence-electron chi connectivity index (χ0n) is 7.02. The van der Waals surface area contributed by atoms with Gasteiger partial charge >= 0.3 is 0 Å². The minimum absolute atomic E-state index is 0.356. The van der Waals surface area contributed by atoms with E-state index in [4.69, 9.17) is 0 Å². The number of amides is 1. The lowest BCUT2D eigenvalue weighted by Gasteiger charge is -2.00. The quantitative estimate of drug-likeness (QED) is 0.636. The summed E-state index contributed by atoms with van der Waals surface area (Å²) in [6.07, 6.45) is 0. The van der Waals surface area contributed by atoms with Crippen LogP contribution >= 0.6 is 0 Å². The first kappa shape index (κ1) is 8.71. The maximum absolute atomic E-state index is 11.7. The van der Waals surface area contributed by atoms with E-state index >= 15 is 0 Å². The minimum Gasteiger partial charge on any atom is -0.267 e. The summed E-state index contributed by atoms with van der Waals surface area (Å²) in [5.74, 6) is -0.693. The number of rotatable bonds is 1. The second kappa shape index (κ2) is 3.34. The van der Waals surface area contributed by atoms with Crippen molar-refractivity contribution in [1.82, 2.24) is 5.54 Å². The molecule has 1 rings (SSSR count). The van der Waals surface area contributed by atoms with Gasteiger partial charge in [0.05, 0.1) is 0 Å². The SMILES string of the molecule is Cc1cc(C)cc(C(=O)NF)c1. The largest absolute Gasteiger partial charge is 0.278 e. The third-order valence-electron chi connectivity index (χ3n) is 1.57. The van der Waals surface area contributed by atoms with Gasteiger partial charge in [-0.05, 0) is 26.0 Å². The Bertz CT molecular complexity index is 289. The monoisotopic (exact) mass is 167 g/mol. The Hall–Kier alpha value is -1.38. The van der Waals surface area contributed by atoms with Crippen LogP contribution in [0.4, 0.5) is 4.48 Å². The summed E-state index contributed by atoms with van der Waals surface area (Å²) in [6, 6.07) is 5.21. The third kappa shape index (κ3) is 1.81. The van der Waals surface area contributed by atoms with Crippen LogP contribution in [0.15, 0.2) is 18.2 Å². The standard InChI is InChI=1S/C9H10FNO/c1-6-3-7(2)5-8(4-6)9(12)11-10/h3-5H,1-2H3,(H,11,12). The molecule has 0 unspecified atom stereocenters. The Labute approximate surface area is 70.3 Å². The topological polar surface area (TPSA) is 29.1 Å². The van der Waals surface area contributed by atoms with Gasteiger partial charge in [-0.3, -0.25) is 4.79 Å². The summed E-state index contributed by atoms with van der Waals surface area (Å²) in [7, 11) is 0. The van der Waals surface area contributed by atoms with Crippen LogP contribution in [0.25, 0.3) is 0 Å². The molecule has 0 radical (unpaired) electrons. The molecule has 1 aromatic carbocycles. The van der Waals surface area contributed by atoms with E-state index in [0.717, 1.165) is 16.7 Å². The molecule has 1 amide bonds. The van der Waals surface area contributed by atoms with Crippen molar-refractivity contribution in [1.29, 1.82) is 0 Å². The van der Waals surface area contributed by atoms with Crippen molar-refractivity contribution in [2.75, 3.05) is 0 Å². The van der Waals surface area contributed by atoms with Gasteiger partial charge in [0.15, 0.2) is 0 Å². The van der Waals surface area contributed by atoms with Crippen LogP contribution in [0.5, 0.6) is 0 Å². The molecule has 0 aliphatic rings. The first-order chi connectivity index (χ1) is 5.63. The van der Waals surface area contributed by atoms with Crippen molar-refractivity contribution in [2.45, 2.75) is 13.8 Å². The highest BCUT2D eigenvalue weighted by Crippen LogP contribution is 2.08. The fourth-order valence-corrected chi connectivity index (χ4v) is 1.16. The number of hydrogen-bond donors (Lipinski definition) is 1. The van der Waals surface area contributed by atoms with Crippen molar-refractivity contribution in [3.8, 4) is 0 Å². The Morgan fingerprint density at radius 1 is 1.25 bits per heavy atom. The molecule has 3 heteroatoms. The number of halogens is 1. The molecule has 0 saturated carbocycles. The van der Waals surface area contributed by atoms with Gasteiger partial charge < -0.3 is 0 Å². The normalized spacial score (nSPS) is 9.58. The van der Waals surface area contributed by atoms with Gasteiger partial charge in [-0.2, -0.15) is 5.54 Å². The lowest BCUT2D eigenvalue weighted by atomic mass is 10.1. The van der Waals surface area contributed by atoms with Crippen molar-refractivity contribution in [3.05, 3.63) is 34.9 Å². The Morgan fingerprint density at radius 3 is 2.17 bits per heavy atom. The van der Waals surface area contributed by atoms with Crippen LogP contribution in [0.3, 0.4) is 0 Å². The van der Waals surface area contributed by atoms with Gasteiger partial charge in [0, 0.05) is 5.56 Å². The molecule has 0 spiro atoms. The van der Waals surface area contributed by atoms with Gasteiger partial charge in [-0.25, -0.2) is 0 Å². The molecule has 64 valence electrons. The van der Waals surface area contributed by atoms with Crippen molar-refractivity contribution < 1.29 is 9.28 Å². The molecular formula is C9H10FNO. The van der Waals surface area contributed by atoms with Crippen LogP contribution in [0.2, 0.25) is 0 Å². The van der Waals surface area contributed by atoms with Gasteiger partial charge in [-0.15, -0.1) is 0 Å². The van der Waals surface area contributed by atoms with Crippen molar-refractivity contribution >= 4 is 5.91 Å². The molecule has 0 aromatic heterocycles. The van der Waals surface area contributed by atoms with Gasteiger partial charge in [-0.1, -0.05) is 21.7 Å². The minimum atomic E-state index is -0.693. The fourth-order valence-electron chi connectivity index (χ4n) is 1.16. The van der Waals surface area contributed by atoms with Crippen LogP contribution in [-0.4, -0.2) is 5.91 Å². The van der Waals surface area contributed by atoms with Gasteiger partial charge in [0.2, 0.25) is 0 Å². The summed E-state index contributed by atoms with van der Waals surface area (Å²) in [6.45, 7) is 3.73. The van der Waals surface area contributed by atoms with Gasteiger partial charge in [0.1, 0.15) is 0 Å². The second-order valence-electron chi connectivity index (χ2n) is 2.80. The van der Waals surface area contributed by atoms with E-state index in [-0.39, 0.29) is 0 Å². The van der Waals surface area contributed by atoms with E-state index < -0.39 is 5.91 Å². The number of carbonyl (C=O) groups excluding carboxylic acids is 1. The molecule has 0 atom stereocenters. The average Bonchev–Trinajstić information content (AvgIpc) is 2.01. The zero-order chi connectivity index (χ0) is 9.14. The first-order valence-electron chi connectivity index (χ1n) is 3.63.